The van der Waals surface area contributed by atoms with Gasteiger partial charge in [0.15, 0.2) is 0 Å². The molecule has 0 atom stereocenters. The number of amidine groups is 1. The first kappa shape index (κ1) is 15.4. The van der Waals surface area contributed by atoms with Gasteiger partial charge in [0.1, 0.15) is 0 Å². The standard InChI is InChI=1S/C14H22IN3/c1-11(2)9-18(8-7-14(16)17)10-12-3-5-13(15)6-4-12/h3-6,11H,7-10H2,1-2H3,(H3,16,17). The lowest BCUT2D eigenvalue weighted by atomic mass is 10.1. The highest BCUT2D eigenvalue weighted by atomic mass is 127. The molecule has 1 rings (SSSR count). The minimum atomic E-state index is 0.270. The average molecular weight is 359 g/mol. The monoisotopic (exact) mass is 359 g/mol. The molecular weight excluding hydrogens is 337 g/mol. The number of hydrogen-bond donors (Lipinski definition) is 2. The van der Waals surface area contributed by atoms with Crippen LogP contribution in [0.15, 0.2) is 24.3 Å². The van der Waals surface area contributed by atoms with E-state index in [1.807, 2.05) is 0 Å². The van der Waals surface area contributed by atoms with Crippen molar-refractivity contribution in [2.24, 2.45) is 11.7 Å². The molecule has 4 heteroatoms. The van der Waals surface area contributed by atoms with Crippen molar-refractivity contribution in [2.75, 3.05) is 13.1 Å². The van der Waals surface area contributed by atoms with Gasteiger partial charge in [-0.1, -0.05) is 26.0 Å². The van der Waals surface area contributed by atoms with Crippen molar-refractivity contribution in [1.29, 1.82) is 5.41 Å². The Bertz CT molecular complexity index is 373. The molecule has 0 radical (unpaired) electrons. The van der Waals surface area contributed by atoms with Crippen LogP contribution < -0.4 is 5.73 Å². The Morgan fingerprint density at radius 2 is 1.94 bits per heavy atom. The van der Waals surface area contributed by atoms with Crippen LogP contribution in [-0.2, 0) is 6.54 Å². The third-order valence-corrected chi connectivity index (χ3v) is 3.36. The maximum Gasteiger partial charge on any atom is 0.0918 e. The predicted molar refractivity (Wildman–Crippen MR) is 85.8 cm³/mol. The maximum absolute atomic E-state index is 7.33. The van der Waals surface area contributed by atoms with E-state index in [2.05, 4.69) is 65.6 Å². The molecule has 1 aromatic rings. The SMILES string of the molecule is CC(C)CN(CCC(=N)N)Cc1ccc(I)cc1. The summed E-state index contributed by atoms with van der Waals surface area (Å²) in [4.78, 5) is 2.37. The van der Waals surface area contributed by atoms with Gasteiger partial charge in [0, 0.05) is 29.6 Å². The highest BCUT2D eigenvalue weighted by Crippen LogP contribution is 2.11. The number of benzene rings is 1. The number of nitrogens with one attached hydrogen (secondary N) is 1. The van der Waals surface area contributed by atoms with Crippen LogP contribution in [0.4, 0.5) is 0 Å². The Morgan fingerprint density at radius 1 is 1.33 bits per heavy atom. The average Bonchev–Trinajstić information content (AvgIpc) is 2.28. The van der Waals surface area contributed by atoms with Gasteiger partial charge in [0.25, 0.3) is 0 Å². The van der Waals surface area contributed by atoms with Crippen molar-refractivity contribution in [1.82, 2.24) is 4.90 Å². The minimum Gasteiger partial charge on any atom is -0.388 e. The van der Waals surface area contributed by atoms with Gasteiger partial charge in [-0.05, 0) is 46.2 Å². The number of hydrogen-bond acceptors (Lipinski definition) is 2. The molecule has 0 aliphatic heterocycles. The fraction of sp³-hybridized carbons (Fsp3) is 0.500. The quantitative estimate of drug-likeness (QED) is 0.447. The van der Waals surface area contributed by atoms with Crippen LogP contribution in [-0.4, -0.2) is 23.8 Å². The summed E-state index contributed by atoms with van der Waals surface area (Å²) >= 11 is 2.32. The van der Waals surface area contributed by atoms with Crippen molar-refractivity contribution in [2.45, 2.75) is 26.8 Å². The molecule has 0 aliphatic carbocycles. The molecule has 0 bridgehead atoms. The normalized spacial score (nSPS) is 11.2. The van der Waals surface area contributed by atoms with Gasteiger partial charge in [-0.2, -0.15) is 0 Å². The molecule has 1 aromatic carbocycles. The van der Waals surface area contributed by atoms with Crippen LogP contribution in [0.5, 0.6) is 0 Å². The van der Waals surface area contributed by atoms with Gasteiger partial charge >= 0.3 is 0 Å². The van der Waals surface area contributed by atoms with Crippen molar-refractivity contribution in [3.05, 3.63) is 33.4 Å². The molecule has 3 N–H and O–H groups in total. The summed E-state index contributed by atoms with van der Waals surface area (Å²) < 4.78 is 1.26. The Kier molecular flexibility index (Phi) is 6.63. The van der Waals surface area contributed by atoms with Gasteiger partial charge in [0.05, 0.1) is 5.84 Å². The number of nitrogens with zero attached hydrogens (tertiary/aromatic N) is 1. The molecule has 100 valence electrons. The summed E-state index contributed by atoms with van der Waals surface area (Å²) in [5, 5.41) is 7.33. The first-order valence-electron chi connectivity index (χ1n) is 6.27. The smallest absolute Gasteiger partial charge is 0.0918 e. The van der Waals surface area contributed by atoms with Crippen molar-refractivity contribution >= 4 is 28.4 Å². The molecule has 3 nitrogen and oxygen atoms in total. The van der Waals surface area contributed by atoms with Crippen molar-refractivity contribution < 1.29 is 0 Å². The van der Waals surface area contributed by atoms with E-state index in [1.165, 1.54) is 9.13 Å². The second-order valence-corrected chi connectivity index (χ2v) is 6.28. The Labute approximate surface area is 123 Å². The van der Waals surface area contributed by atoms with Crippen molar-refractivity contribution in [3.8, 4) is 0 Å². The zero-order valence-corrected chi connectivity index (χ0v) is 13.3. The third-order valence-electron chi connectivity index (χ3n) is 2.64. The predicted octanol–water partition coefficient (Wildman–Crippen LogP) is 3.08. The van der Waals surface area contributed by atoms with Crippen LogP contribution in [0, 0.1) is 14.9 Å². The lowest BCUT2D eigenvalue weighted by Crippen LogP contribution is -2.30. The van der Waals surface area contributed by atoms with Gasteiger partial charge in [0.2, 0.25) is 0 Å². The van der Waals surface area contributed by atoms with E-state index in [1.54, 1.807) is 0 Å². The second-order valence-electron chi connectivity index (χ2n) is 5.03. The zero-order chi connectivity index (χ0) is 13.5. The highest BCUT2D eigenvalue weighted by Gasteiger charge is 2.08. The summed E-state index contributed by atoms with van der Waals surface area (Å²) in [7, 11) is 0. The van der Waals surface area contributed by atoms with Crippen LogP contribution in [0.3, 0.4) is 0 Å². The number of rotatable bonds is 7. The largest absolute Gasteiger partial charge is 0.388 e. The molecule has 0 aliphatic rings. The summed E-state index contributed by atoms with van der Waals surface area (Å²) in [6.45, 7) is 7.27. The molecule has 0 aromatic heterocycles. The Balaban J connectivity index is 2.59. The summed E-state index contributed by atoms with van der Waals surface area (Å²) in [6.07, 6.45) is 0.650. The topological polar surface area (TPSA) is 53.1 Å². The molecule has 0 amide bonds. The van der Waals surface area contributed by atoms with E-state index in [0.29, 0.717) is 12.3 Å². The first-order chi connectivity index (χ1) is 8.47. The second kappa shape index (κ2) is 7.74. The first-order valence-corrected chi connectivity index (χ1v) is 7.35. The third kappa shape index (κ3) is 6.35. The van der Waals surface area contributed by atoms with Crippen molar-refractivity contribution in [3.63, 3.8) is 0 Å². The highest BCUT2D eigenvalue weighted by molar-refractivity contribution is 14.1. The molecule has 0 saturated carbocycles. The van der Waals surface area contributed by atoms with E-state index >= 15 is 0 Å². The molecule has 0 saturated heterocycles. The maximum atomic E-state index is 7.33. The van der Waals surface area contributed by atoms with Crippen LogP contribution in [0.2, 0.25) is 0 Å². The Hall–Kier alpha value is -0.620. The van der Waals surface area contributed by atoms with E-state index in [-0.39, 0.29) is 5.84 Å². The molecule has 0 fully saturated rings. The molecular formula is C14H22IN3. The van der Waals surface area contributed by atoms with Gasteiger partial charge < -0.3 is 5.73 Å². The lowest BCUT2D eigenvalue weighted by molar-refractivity contribution is 0.242. The fourth-order valence-electron chi connectivity index (χ4n) is 1.88. The van der Waals surface area contributed by atoms with Crippen LogP contribution >= 0.6 is 22.6 Å². The van der Waals surface area contributed by atoms with E-state index in [4.69, 9.17) is 11.1 Å². The fourth-order valence-corrected chi connectivity index (χ4v) is 2.24. The zero-order valence-electron chi connectivity index (χ0n) is 11.1. The summed E-state index contributed by atoms with van der Waals surface area (Å²) in [5.74, 6) is 0.896. The molecule has 18 heavy (non-hydrogen) atoms. The minimum absolute atomic E-state index is 0.270. The van der Waals surface area contributed by atoms with Crippen LogP contribution in [0.25, 0.3) is 0 Å². The summed E-state index contributed by atoms with van der Waals surface area (Å²) in [5.41, 5.74) is 6.76. The molecule has 0 unspecified atom stereocenters. The van der Waals surface area contributed by atoms with Crippen LogP contribution in [0.1, 0.15) is 25.8 Å². The molecule has 0 heterocycles. The van der Waals surface area contributed by atoms with Gasteiger partial charge in [-0.25, -0.2) is 0 Å². The lowest BCUT2D eigenvalue weighted by Gasteiger charge is -2.24. The van der Waals surface area contributed by atoms with E-state index in [9.17, 15) is 0 Å². The molecule has 0 spiro atoms. The van der Waals surface area contributed by atoms with E-state index in [0.717, 1.165) is 19.6 Å². The number of nitrogens with two attached hydrogens (primary N) is 1. The van der Waals surface area contributed by atoms with E-state index < -0.39 is 0 Å². The van der Waals surface area contributed by atoms with Gasteiger partial charge in [-0.3, -0.25) is 10.3 Å². The Morgan fingerprint density at radius 3 is 2.44 bits per heavy atom. The number of halogens is 1. The summed E-state index contributed by atoms with van der Waals surface area (Å²) in [6, 6.07) is 8.61. The van der Waals surface area contributed by atoms with Gasteiger partial charge in [-0.15, -0.1) is 0 Å².